The molecule has 0 fully saturated rings. The number of nitrogens with one attached hydrogen (secondary N) is 1. The van der Waals surface area contributed by atoms with Crippen LogP contribution in [0.5, 0.6) is 5.75 Å². The van der Waals surface area contributed by atoms with E-state index in [2.05, 4.69) is 26.1 Å². The summed E-state index contributed by atoms with van der Waals surface area (Å²) in [6.45, 7) is 9.25. The van der Waals surface area contributed by atoms with E-state index in [1.54, 1.807) is 6.07 Å². The van der Waals surface area contributed by atoms with Gasteiger partial charge in [0.05, 0.1) is 0 Å². The predicted molar refractivity (Wildman–Crippen MR) is 78.2 cm³/mol. The SMILES string of the molecule is CCCC(NCC)C(CC)Oc1cc(F)ccc1C. The first kappa shape index (κ1) is 16.0. The first-order valence-electron chi connectivity index (χ1n) is 7.28. The average molecular weight is 267 g/mol. The summed E-state index contributed by atoms with van der Waals surface area (Å²) < 4.78 is 19.3. The highest BCUT2D eigenvalue weighted by Crippen LogP contribution is 2.22. The van der Waals surface area contributed by atoms with Gasteiger partial charge in [-0.15, -0.1) is 0 Å². The molecule has 0 aliphatic rings. The summed E-state index contributed by atoms with van der Waals surface area (Å²) in [5.41, 5.74) is 0.978. The number of rotatable bonds is 8. The second-order valence-electron chi connectivity index (χ2n) is 4.93. The largest absolute Gasteiger partial charge is 0.488 e. The molecule has 3 heteroatoms. The molecule has 0 aliphatic heterocycles. The van der Waals surface area contributed by atoms with Gasteiger partial charge in [-0.25, -0.2) is 4.39 Å². The highest BCUT2D eigenvalue weighted by Gasteiger charge is 2.20. The Labute approximate surface area is 116 Å². The smallest absolute Gasteiger partial charge is 0.126 e. The van der Waals surface area contributed by atoms with Crippen molar-refractivity contribution in [3.8, 4) is 5.75 Å². The molecular weight excluding hydrogens is 241 g/mol. The minimum absolute atomic E-state index is 0.0837. The third-order valence-electron chi connectivity index (χ3n) is 3.35. The first-order valence-corrected chi connectivity index (χ1v) is 7.28. The van der Waals surface area contributed by atoms with Gasteiger partial charge < -0.3 is 10.1 Å². The zero-order valence-electron chi connectivity index (χ0n) is 12.5. The van der Waals surface area contributed by atoms with Gasteiger partial charge in [0.15, 0.2) is 0 Å². The molecule has 1 N–H and O–H groups in total. The number of hydrogen-bond acceptors (Lipinski definition) is 2. The highest BCUT2D eigenvalue weighted by molar-refractivity contribution is 5.32. The van der Waals surface area contributed by atoms with Gasteiger partial charge in [0, 0.05) is 12.1 Å². The average Bonchev–Trinajstić information content (AvgIpc) is 2.39. The molecule has 1 aromatic carbocycles. The lowest BCUT2D eigenvalue weighted by atomic mass is 10.0. The van der Waals surface area contributed by atoms with Crippen LogP contribution in [0.2, 0.25) is 0 Å². The molecule has 0 radical (unpaired) electrons. The molecule has 0 amide bonds. The summed E-state index contributed by atoms with van der Waals surface area (Å²) in [5, 5.41) is 3.47. The van der Waals surface area contributed by atoms with Crippen LogP contribution < -0.4 is 10.1 Å². The van der Waals surface area contributed by atoms with E-state index >= 15 is 0 Å². The van der Waals surface area contributed by atoms with Crippen molar-refractivity contribution in [1.29, 1.82) is 0 Å². The fraction of sp³-hybridized carbons (Fsp3) is 0.625. The van der Waals surface area contributed by atoms with Crippen LogP contribution in [0.4, 0.5) is 4.39 Å². The van der Waals surface area contributed by atoms with Crippen LogP contribution in [0.25, 0.3) is 0 Å². The van der Waals surface area contributed by atoms with E-state index in [0.717, 1.165) is 31.4 Å². The molecule has 2 nitrogen and oxygen atoms in total. The molecule has 0 bridgehead atoms. The number of halogens is 1. The maximum absolute atomic E-state index is 13.3. The fourth-order valence-electron chi connectivity index (χ4n) is 2.31. The quantitative estimate of drug-likeness (QED) is 0.766. The Kier molecular flexibility index (Phi) is 6.85. The monoisotopic (exact) mass is 267 g/mol. The lowest BCUT2D eigenvalue weighted by Gasteiger charge is -2.28. The Bertz CT molecular complexity index is 375. The third kappa shape index (κ3) is 4.83. The van der Waals surface area contributed by atoms with Crippen molar-refractivity contribution in [2.45, 2.75) is 59.1 Å². The van der Waals surface area contributed by atoms with E-state index < -0.39 is 0 Å². The van der Waals surface area contributed by atoms with Crippen LogP contribution in [0, 0.1) is 12.7 Å². The van der Waals surface area contributed by atoms with Crippen LogP contribution in [0.1, 0.15) is 45.6 Å². The van der Waals surface area contributed by atoms with Gasteiger partial charge in [0.1, 0.15) is 17.7 Å². The van der Waals surface area contributed by atoms with Crippen molar-refractivity contribution in [3.05, 3.63) is 29.6 Å². The molecule has 0 saturated carbocycles. The van der Waals surface area contributed by atoms with Crippen LogP contribution in [-0.2, 0) is 0 Å². The molecule has 0 aromatic heterocycles. The Morgan fingerprint density at radius 3 is 2.58 bits per heavy atom. The molecule has 108 valence electrons. The Balaban J connectivity index is 2.81. The topological polar surface area (TPSA) is 21.3 Å². The summed E-state index contributed by atoms with van der Waals surface area (Å²) in [7, 11) is 0. The first-order chi connectivity index (χ1) is 9.12. The molecule has 0 saturated heterocycles. The molecule has 0 heterocycles. The molecule has 2 unspecified atom stereocenters. The van der Waals surface area contributed by atoms with Gasteiger partial charge in [-0.3, -0.25) is 0 Å². The minimum Gasteiger partial charge on any atom is -0.488 e. The standard InChI is InChI=1S/C16H26FNO/c1-5-8-14(18-7-3)15(6-2)19-16-11-13(17)10-9-12(16)4/h9-11,14-15,18H,5-8H2,1-4H3. The maximum atomic E-state index is 13.3. The van der Waals surface area contributed by atoms with E-state index in [9.17, 15) is 4.39 Å². The van der Waals surface area contributed by atoms with E-state index in [0.29, 0.717) is 11.8 Å². The van der Waals surface area contributed by atoms with Gasteiger partial charge in [0.2, 0.25) is 0 Å². The van der Waals surface area contributed by atoms with Crippen LogP contribution in [0.3, 0.4) is 0 Å². The lowest BCUT2D eigenvalue weighted by molar-refractivity contribution is 0.142. The van der Waals surface area contributed by atoms with Crippen molar-refractivity contribution in [2.75, 3.05) is 6.54 Å². The number of aryl methyl sites for hydroxylation is 1. The Morgan fingerprint density at radius 2 is 2.00 bits per heavy atom. The van der Waals surface area contributed by atoms with Gasteiger partial charge in [0.25, 0.3) is 0 Å². The molecule has 0 aliphatic carbocycles. The highest BCUT2D eigenvalue weighted by atomic mass is 19.1. The summed E-state index contributed by atoms with van der Waals surface area (Å²) >= 11 is 0. The summed E-state index contributed by atoms with van der Waals surface area (Å²) in [4.78, 5) is 0. The number of hydrogen-bond donors (Lipinski definition) is 1. The summed E-state index contributed by atoms with van der Waals surface area (Å²) in [5.74, 6) is 0.414. The van der Waals surface area contributed by atoms with E-state index in [4.69, 9.17) is 4.74 Å². The van der Waals surface area contributed by atoms with Crippen LogP contribution >= 0.6 is 0 Å². The molecule has 19 heavy (non-hydrogen) atoms. The van der Waals surface area contributed by atoms with Crippen molar-refractivity contribution >= 4 is 0 Å². The number of benzene rings is 1. The third-order valence-corrected chi connectivity index (χ3v) is 3.35. The minimum atomic E-state index is -0.244. The van der Waals surface area contributed by atoms with Crippen molar-refractivity contribution in [1.82, 2.24) is 5.32 Å². The molecular formula is C16H26FNO. The summed E-state index contributed by atoms with van der Waals surface area (Å²) in [6, 6.07) is 5.03. The van der Waals surface area contributed by atoms with E-state index in [1.165, 1.54) is 12.1 Å². The van der Waals surface area contributed by atoms with Crippen LogP contribution in [-0.4, -0.2) is 18.7 Å². The van der Waals surface area contributed by atoms with Gasteiger partial charge in [-0.2, -0.15) is 0 Å². The van der Waals surface area contributed by atoms with Gasteiger partial charge in [-0.1, -0.05) is 33.3 Å². The fourth-order valence-corrected chi connectivity index (χ4v) is 2.31. The van der Waals surface area contributed by atoms with Crippen molar-refractivity contribution in [2.24, 2.45) is 0 Å². The van der Waals surface area contributed by atoms with Crippen molar-refractivity contribution in [3.63, 3.8) is 0 Å². The molecule has 1 aromatic rings. The van der Waals surface area contributed by atoms with Crippen molar-refractivity contribution < 1.29 is 9.13 Å². The second-order valence-corrected chi connectivity index (χ2v) is 4.93. The number of likely N-dealkylation sites (N-methyl/N-ethyl adjacent to an activating group) is 1. The second kappa shape index (κ2) is 8.16. The van der Waals surface area contributed by atoms with Gasteiger partial charge >= 0.3 is 0 Å². The summed E-state index contributed by atoms with van der Waals surface area (Å²) in [6.07, 6.45) is 3.17. The maximum Gasteiger partial charge on any atom is 0.126 e. The molecule has 2 atom stereocenters. The van der Waals surface area contributed by atoms with Gasteiger partial charge in [-0.05, 0) is 37.9 Å². The predicted octanol–water partition coefficient (Wildman–Crippen LogP) is 4.07. The zero-order valence-corrected chi connectivity index (χ0v) is 12.5. The Hall–Kier alpha value is -1.09. The number of ether oxygens (including phenoxy) is 1. The van der Waals surface area contributed by atoms with E-state index in [1.807, 2.05) is 6.92 Å². The normalized spacial score (nSPS) is 14.2. The molecule has 0 spiro atoms. The molecule has 1 rings (SSSR count). The van der Waals surface area contributed by atoms with E-state index in [-0.39, 0.29) is 11.9 Å². The zero-order chi connectivity index (χ0) is 14.3. The van der Waals surface area contributed by atoms with Crippen LogP contribution in [0.15, 0.2) is 18.2 Å². The Morgan fingerprint density at radius 1 is 1.26 bits per heavy atom. The lowest BCUT2D eigenvalue weighted by Crippen LogP contribution is -2.42.